The quantitative estimate of drug-likeness (QED) is 0.781. The number of halogens is 3. The van der Waals surface area contributed by atoms with Gasteiger partial charge in [0.1, 0.15) is 6.04 Å². The molecule has 108 valence electrons. The highest BCUT2D eigenvalue weighted by Gasteiger charge is 2.44. The second-order valence-corrected chi connectivity index (χ2v) is 10.4. The molecule has 18 heavy (non-hydrogen) atoms. The van der Waals surface area contributed by atoms with Crippen molar-refractivity contribution >= 4 is 14.4 Å². The average molecular weight is 287 g/mol. The fourth-order valence-corrected chi connectivity index (χ4v) is 1.89. The van der Waals surface area contributed by atoms with E-state index in [9.17, 15) is 18.0 Å². The number of nitrogens with one attached hydrogen (secondary N) is 1. The third-order valence-corrected chi connectivity index (χ3v) is 7.61. The number of amides is 1. The summed E-state index contributed by atoms with van der Waals surface area (Å²) < 4.78 is 43.1. The molecule has 0 fully saturated rings. The number of alkyl halides is 3. The van der Waals surface area contributed by atoms with Gasteiger partial charge in [-0.2, -0.15) is 13.2 Å². The molecule has 0 spiro atoms. The predicted octanol–water partition coefficient (Wildman–Crippen LogP) is 3.21. The lowest BCUT2D eigenvalue weighted by Crippen LogP contribution is -2.51. The van der Waals surface area contributed by atoms with E-state index in [0.717, 1.165) is 0 Å². The number of rotatable bonds is 4. The molecule has 0 aliphatic heterocycles. The van der Waals surface area contributed by atoms with Gasteiger partial charge in [-0.3, -0.25) is 0 Å². The maximum atomic E-state index is 12.6. The first kappa shape index (κ1) is 17.2. The maximum Gasteiger partial charge on any atom is 0.410 e. The van der Waals surface area contributed by atoms with E-state index in [1.165, 1.54) is 5.32 Å². The smallest absolute Gasteiger partial charge is 0.410 e. The van der Waals surface area contributed by atoms with Crippen molar-refractivity contribution in [3.8, 4) is 0 Å². The van der Waals surface area contributed by atoms with Crippen molar-refractivity contribution in [2.75, 3.05) is 6.61 Å². The van der Waals surface area contributed by atoms with Gasteiger partial charge in [0.15, 0.2) is 8.32 Å². The molecule has 0 aliphatic rings. The van der Waals surface area contributed by atoms with Gasteiger partial charge in [0, 0.05) is 0 Å². The summed E-state index contributed by atoms with van der Waals surface area (Å²) in [6.45, 7) is 8.61. The topological polar surface area (TPSA) is 58.6 Å². The fourth-order valence-electron chi connectivity index (χ4n) is 0.875. The molecule has 8 heteroatoms. The molecule has 1 atom stereocenters. The Hall–Kier alpha value is -0.763. The van der Waals surface area contributed by atoms with Crippen LogP contribution in [0.1, 0.15) is 20.8 Å². The molecule has 0 aliphatic carbocycles. The highest BCUT2D eigenvalue weighted by Crippen LogP contribution is 2.37. The summed E-state index contributed by atoms with van der Waals surface area (Å²) >= 11 is 0. The molecule has 1 unspecified atom stereocenters. The summed E-state index contributed by atoms with van der Waals surface area (Å²) in [5.74, 6) is 0. The third kappa shape index (κ3) is 5.26. The van der Waals surface area contributed by atoms with E-state index in [-0.39, 0.29) is 5.04 Å². The van der Waals surface area contributed by atoms with E-state index in [1.54, 1.807) is 13.1 Å². The Morgan fingerprint density at radius 1 is 1.33 bits per heavy atom. The molecule has 0 saturated carbocycles. The summed E-state index contributed by atoms with van der Waals surface area (Å²) in [5.41, 5.74) is 0. The highest BCUT2D eigenvalue weighted by molar-refractivity contribution is 6.74. The van der Waals surface area contributed by atoms with Crippen LogP contribution in [0.4, 0.5) is 18.0 Å². The van der Waals surface area contributed by atoms with E-state index < -0.39 is 33.2 Å². The SMILES string of the molecule is CC(C)(C)[Si](C)(C)OCC(NC(=O)O)C(F)(F)F. The zero-order valence-corrected chi connectivity index (χ0v) is 12.2. The number of hydrogen-bond acceptors (Lipinski definition) is 2. The van der Waals surface area contributed by atoms with Gasteiger partial charge in [-0.15, -0.1) is 0 Å². The first-order valence-corrected chi connectivity index (χ1v) is 8.38. The summed E-state index contributed by atoms with van der Waals surface area (Å²) in [6, 6.07) is -2.19. The van der Waals surface area contributed by atoms with Gasteiger partial charge in [-0.1, -0.05) is 20.8 Å². The molecule has 2 N–H and O–H groups in total. The lowest BCUT2D eigenvalue weighted by molar-refractivity contribution is -0.160. The monoisotopic (exact) mass is 287 g/mol. The second-order valence-electron chi connectivity index (χ2n) is 5.62. The summed E-state index contributed by atoms with van der Waals surface area (Å²) in [5, 5.41) is 9.58. The van der Waals surface area contributed by atoms with Crippen molar-refractivity contribution in [3.63, 3.8) is 0 Å². The van der Waals surface area contributed by atoms with Gasteiger partial charge in [-0.05, 0) is 18.1 Å². The minimum absolute atomic E-state index is 0.230. The van der Waals surface area contributed by atoms with Crippen LogP contribution in [0.3, 0.4) is 0 Å². The number of hydrogen-bond donors (Lipinski definition) is 2. The van der Waals surface area contributed by atoms with Gasteiger partial charge in [-0.25, -0.2) is 4.79 Å². The summed E-state index contributed by atoms with van der Waals surface area (Å²) in [6.07, 6.45) is -6.36. The molecule has 4 nitrogen and oxygen atoms in total. The largest absolute Gasteiger partial charge is 0.465 e. The predicted molar refractivity (Wildman–Crippen MR) is 64.2 cm³/mol. The molecule has 0 bridgehead atoms. The first-order valence-electron chi connectivity index (χ1n) is 5.47. The average Bonchev–Trinajstić information content (AvgIpc) is 2.07. The normalized spacial score (nSPS) is 15.3. The zero-order chi connectivity index (χ0) is 14.8. The van der Waals surface area contributed by atoms with Crippen molar-refractivity contribution in [3.05, 3.63) is 0 Å². The van der Waals surface area contributed by atoms with Gasteiger partial charge in [0.2, 0.25) is 0 Å². The zero-order valence-electron chi connectivity index (χ0n) is 11.2. The molecule has 0 radical (unpaired) electrons. The summed E-state index contributed by atoms with van der Waals surface area (Å²) in [7, 11) is -2.33. The Kier molecular flexibility index (Phi) is 5.24. The molecule has 0 rings (SSSR count). The van der Waals surface area contributed by atoms with E-state index in [0.29, 0.717) is 0 Å². The van der Waals surface area contributed by atoms with Gasteiger partial charge >= 0.3 is 12.3 Å². The van der Waals surface area contributed by atoms with Crippen molar-refractivity contribution in [2.45, 2.75) is 51.1 Å². The minimum Gasteiger partial charge on any atom is -0.465 e. The standard InChI is InChI=1S/C10H20F3NO3Si/c1-9(2,3)18(4,5)17-6-7(10(11,12)13)14-8(15)16/h7,14H,6H2,1-5H3,(H,15,16). The third-order valence-electron chi connectivity index (χ3n) is 3.11. The highest BCUT2D eigenvalue weighted by atomic mass is 28.4. The lowest BCUT2D eigenvalue weighted by Gasteiger charge is -2.37. The van der Waals surface area contributed by atoms with Crippen molar-refractivity contribution in [1.29, 1.82) is 0 Å². The molecule has 0 aromatic carbocycles. The van der Waals surface area contributed by atoms with Crippen molar-refractivity contribution < 1.29 is 27.5 Å². The molecule has 0 saturated heterocycles. The second kappa shape index (κ2) is 5.48. The Morgan fingerprint density at radius 3 is 2.06 bits per heavy atom. The first-order chi connectivity index (χ1) is 7.77. The van der Waals surface area contributed by atoms with Crippen LogP contribution in [0, 0.1) is 0 Å². The minimum atomic E-state index is -4.65. The number of carbonyl (C=O) groups is 1. The summed E-state index contributed by atoms with van der Waals surface area (Å²) in [4.78, 5) is 10.3. The van der Waals surface area contributed by atoms with E-state index in [2.05, 4.69) is 0 Å². The van der Waals surface area contributed by atoms with Crippen LogP contribution in [-0.2, 0) is 4.43 Å². The van der Waals surface area contributed by atoms with Crippen LogP contribution in [0.25, 0.3) is 0 Å². The molecule has 0 heterocycles. The van der Waals surface area contributed by atoms with Crippen LogP contribution in [-0.4, -0.2) is 38.3 Å². The number of carboxylic acid groups (broad SMARTS) is 1. The Bertz CT molecular complexity index is 300. The van der Waals surface area contributed by atoms with Gasteiger partial charge in [0.05, 0.1) is 6.61 Å². The Labute approximate surface area is 106 Å². The molecule has 1 amide bonds. The van der Waals surface area contributed by atoms with Crippen LogP contribution < -0.4 is 5.32 Å². The van der Waals surface area contributed by atoms with Gasteiger partial charge in [0.25, 0.3) is 0 Å². The molecule has 0 aromatic heterocycles. The fraction of sp³-hybridized carbons (Fsp3) is 0.900. The van der Waals surface area contributed by atoms with E-state index in [1.807, 2.05) is 20.8 Å². The van der Waals surface area contributed by atoms with Crippen molar-refractivity contribution in [1.82, 2.24) is 5.32 Å². The molecule has 0 aromatic rings. The maximum absolute atomic E-state index is 12.6. The lowest BCUT2D eigenvalue weighted by atomic mass is 10.2. The molecular weight excluding hydrogens is 267 g/mol. The van der Waals surface area contributed by atoms with E-state index >= 15 is 0 Å². The Balaban J connectivity index is 4.68. The Morgan fingerprint density at radius 2 is 1.78 bits per heavy atom. The van der Waals surface area contributed by atoms with Crippen LogP contribution in [0.15, 0.2) is 0 Å². The van der Waals surface area contributed by atoms with Crippen molar-refractivity contribution in [2.24, 2.45) is 0 Å². The van der Waals surface area contributed by atoms with Crippen LogP contribution >= 0.6 is 0 Å². The van der Waals surface area contributed by atoms with Crippen LogP contribution in [0.2, 0.25) is 18.1 Å². The van der Waals surface area contributed by atoms with E-state index in [4.69, 9.17) is 9.53 Å². The molecular formula is C10H20F3NO3Si. The van der Waals surface area contributed by atoms with Crippen LogP contribution in [0.5, 0.6) is 0 Å². The van der Waals surface area contributed by atoms with Gasteiger partial charge < -0.3 is 14.8 Å².